The van der Waals surface area contributed by atoms with Crippen LogP contribution in [0.5, 0.6) is 0 Å². The van der Waals surface area contributed by atoms with Gasteiger partial charge in [0.05, 0.1) is 16.4 Å². The van der Waals surface area contributed by atoms with Crippen molar-refractivity contribution >= 4 is 24.0 Å². The number of hydrogen-bond acceptors (Lipinski definition) is 4. The average Bonchev–Trinajstić information content (AvgIpc) is 3.44. The summed E-state index contributed by atoms with van der Waals surface area (Å²) in [4.78, 5) is 13.7. The number of amides is 1. The largest absolute Gasteiger partial charge is 0.464 e. The van der Waals surface area contributed by atoms with Gasteiger partial charge in [-0.25, -0.2) is 8.42 Å². The average molecular weight is 509 g/mol. The van der Waals surface area contributed by atoms with Crippen LogP contribution in [0.4, 0.5) is 0 Å². The Kier molecular flexibility index (Phi) is 5.86. The quantitative estimate of drug-likeness (QED) is 0.369. The van der Waals surface area contributed by atoms with Crippen molar-refractivity contribution < 1.29 is 17.6 Å². The van der Waals surface area contributed by atoms with E-state index < -0.39 is 35.6 Å². The molecule has 2 aromatic rings. The maximum Gasteiger partial charge on any atom is 0.244 e. The molecule has 0 unspecified atom stereocenters. The SMILES string of the molecule is C=C[C@@H]1C[C@]23C(=O)NCC[C@H]2c2cc(CCC#C[Si](C)(C)C)oc2[C@@H]3N1S(=O)(=O)c1ccccc1. The van der Waals surface area contributed by atoms with Crippen LogP contribution in [0.2, 0.25) is 19.6 Å². The summed E-state index contributed by atoms with van der Waals surface area (Å²) in [5.41, 5.74) is 3.48. The Morgan fingerprint density at radius 3 is 2.71 bits per heavy atom. The molecule has 3 aliphatic rings. The molecule has 2 aliphatic heterocycles. The number of sulfonamides is 1. The number of nitrogens with one attached hydrogen (secondary N) is 1. The second-order valence-corrected chi connectivity index (χ2v) is 17.4. The van der Waals surface area contributed by atoms with Crippen LogP contribution >= 0.6 is 0 Å². The molecular formula is C27H32N2O4SSi. The monoisotopic (exact) mass is 508 g/mol. The lowest BCUT2D eigenvalue weighted by Gasteiger charge is -2.38. The molecule has 1 N–H and O–H groups in total. The van der Waals surface area contributed by atoms with E-state index in [2.05, 4.69) is 43.0 Å². The van der Waals surface area contributed by atoms with Gasteiger partial charge in [-0.05, 0) is 36.6 Å². The summed E-state index contributed by atoms with van der Waals surface area (Å²) < 4.78 is 35.7. The molecule has 6 nitrogen and oxygen atoms in total. The Morgan fingerprint density at radius 1 is 1.29 bits per heavy atom. The fourth-order valence-electron chi connectivity index (χ4n) is 6.02. The standard InChI is InChI=1S/C27H32N2O4SSi/c1-5-19-18-27-23(14-15-28-26(27)30)22-17-20(11-9-10-16-35(2,3)4)33-24(22)25(27)29(19)34(31,32)21-12-7-6-8-13-21/h5-8,12-13,17,19,23,25H,1,9,11,14-15,18H2,2-4H3,(H,28,30)/t19-,23+,25+,27+/m1/s1. The lowest BCUT2D eigenvalue weighted by molar-refractivity contribution is -0.135. The Balaban J connectivity index is 1.59. The van der Waals surface area contributed by atoms with Crippen molar-refractivity contribution in [3.8, 4) is 11.5 Å². The summed E-state index contributed by atoms with van der Waals surface area (Å²) in [7, 11) is -5.34. The Morgan fingerprint density at radius 2 is 2.03 bits per heavy atom. The summed E-state index contributed by atoms with van der Waals surface area (Å²) in [6, 6.07) is 9.26. The highest BCUT2D eigenvalue weighted by Crippen LogP contribution is 2.67. The van der Waals surface area contributed by atoms with E-state index in [4.69, 9.17) is 4.42 Å². The number of nitrogens with zero attached hydrogens (tertiary/aromatic N) is 1. The highest BCUT2D eigenvalue weighted by molar-refractivity contribution is 7.89. The number of piperidine rings is 1. The maximum atomic E-state index is 13.9. The zero-order valence-electron chi connectivity index (χ0n) is 20.5. The molecule has 184 valence electrons. The molecule has 1 amide bonds. The van der Waals surface area contributed by atoms with Crippen LogP contribution in [0, 0.1) is 16.9 Å². The van der Waals surface area contributed by atoms with Crippen LogP contribution in [-0.4, -0.2) is 39.3 Å². The van der Waals surface area contributed by atoms with E-state index >= 15 is 0 Å². The van der Waals surface area contributed by atoms with Gasteiger partial charge >= 0.3 is 0 Å². The molecule has 1 spiro atoms. The lowest BCUT2D eigenvalue weighted by Crippen LogP contribution is -2.50. The molecule has 35 heavy (non-hydrogen) atoms. The van der Waals surface area contributed by atoms with E-state index in [1.54, 1.807) is 36.4 Å². The van der Waals surface area contributed by atoms with Gasteiger partial charge in [-0.1, -0.05) is 43.9 Å². The van der Waals surface area contributed by atoms with Crippen LogP contribution < -0.4 is 5.32 Å². The molecule has 1 aromatic carbocycles. The fourth-order valence-corrected chi connectivity index (χ4v) is 8.50. The fraction of sp³-hybridized carbons (Fsp3) is 0.444. The first-order chi connectivity index (χ1) is 16.6. The molecule has 2 saturated heterocycles. The molecular weight excluding hydrogens is 476 g/mol. The second kappa shape index (κ2) is 8.51. The summed E-state index contributed by atoms with van der Waals surface area (Å²) in [6.45, 7) is 11.2. The summed E-state index contributed by atoms with van der Waals surface area (Å²) in [5.74, 6) is 4.53. The molecule has 2 fully saturated rings. The van der Waals surface area contributed by atoms with E-state index in [1.165, 1.54) is 4.31 Å². The minimum Gasteiger partial charge on any atom is -0.464 e. The molecule has 3 heterocycles. The third-order valence-electron chi connectivity index (χ3n) is 7.40. The van der Waals surface area contributed by atoms with E-state index in [-0.39, 0.29) is 16.7 Å². The molecule has 1 aromatic heterocycles. The van der Waals surface area contributed by atoms with Gasteiger partial charge in [0.15, 0.2) is 0 Å². The topological polar surface area (TPSA) is 79.6 Å². The first-order valence-electron chi connectivity index (χ1n) is 12.2. The van der Waals surface area contributed by atoms with Crippen LogP contribution in [-0.2, 0) is 21.2 Å². The van der Waals surface area contributed by atoms with E-state index in [0.29, 0.717) is 31.6 Å². The number of benzene rings is 1. The van der Waals surface area contributed by atoms with Gasteiger partial charge in [-0.3, -0.25) is 4.79 Å². The van der Waals surface area contributed by atoms with E-state index in [0.717, 1.165) is 17.7 Å². The van der Waals surface area contributed by atoms with Crippen LogP contribution in [0.15, 0.2) is 58.4 Å². The normalized spacial score (nSPS) is 27.9. The van der Waals surface area contributed by atoms with Gasteiger partial charge < -0.3 is 9.73 Å². The zero-order chi connectivity index (χ0) is 25.0. The van der Waals surface area contributed by atoms with E-state index in [1.807, 2.05) is 6.07 Å². The molecule has 4 atom stereocenters. The van der Waals surface area contributed by atoms with Crippen molar-refractivity contribution in [2.45, 2.75) is 68.2 Å². The van der Waals surface area contributed by atoms with Crippen LogP contribution in [0.25, 0.3) is 0 Å². The Labute approximate surface area is 208 Å². The van der Waals surface area contributed by atoms with Gasteiger partial charge in [0, 0.05) is 31.3 Å². The summed E-state index contributed by atoms with van der Waals surface area (Å²) in [5, 5.41) is 3.02. The molecule has 5 rings (SSSR count). The number of carbonyl (C=O) groups is 1. The number of aryl methyl sites for hydroxylation is 1. The van der Waals surface area contributed by atoms with Crippen molar-refractivity contribution in [3.05, 3.63) is 66.1 Å². The molecule has 1 aliphatic carbocycles. The molecule has 0 bridgehead atoms. The van der Waals surface area contributed by atoms with Gasteiger partial charge in [0.25, 0.3) is 0 Å². The van der Waals surface area contributed by atoms with Gasteiger partial charge in [0.1, 0.15) is 19.6 Å². The number of carbonyl (C=O) groups excluding carboxylic acids is 1. The number of furan rings is 1. The Hall–Kier alpha value is -2.60. The van der Waals surface area contributed by atoms with Crippen LogP contribution in [0.3, 0.4) is 0 Å². The lowest BCUT2D eigenvalue weighted by atomic mass is 9.68. The minimum atomic E-state index is -3.90. The summed E-state index contributed by atoms with van der Waals surface area (Å²) >= 11 is 0. The molecule has 0 radical (unpaired) electrons. The molecule has 8 heteroatoms. The number of fused-ring (bicyclic) bond motifs is 3. The van der Waals surface area contributed by atoms with E-state index in [9.17, 15) is 13.2 Å². The third kappa shape index (κ3) is 3.81. The first kappa shape index (κ1) is 24.1. The minimum absolute atomic E-state index is 0.0831. The maximum absolute atomic E-state index is 13.9. The van der Waals surface area contributed by atoms with Crippen molar-refractivity contribution in [1.82, 2.24) is 9.62 Å². The predicted octanol–water partition coefficient (Wildman–Crippen LogP) is 4.39. The summed E-state index contributed by atoms with van der Waals surface area (Å²) in [6.07, 6.45) is 4.16. The van der Waals surface area contributed by atoms with Gasteiger partial charge in [-0.15, -0.1) is 18.0 Å². The second-order valence-electron chi connectivity index (χ2n) is 10.8. The predicted molar refractivity (Wildman–Crippen MR) is 138 cm³/mol. The highest BCUT2D eigenvalue weighted by atomic mass is 32.2. The Bertz CT molecular complexity index is 1330. The molecule has 0 saturated carbocycles. The van der Waals surface area contributed by atoms with Crippen molar-refractivity contribution in [1.29, 1.82) is 0 Å². The zero-order valence-corrected chi connectivity index (χ0v) is 22.3. The van der Waals surface area contributed by atoms with Crippen molar-refractivity contribution in [3.63, 3.8) is 0 Å². The van der Waals surface area contributed by atoms with Crippen molar-refractivity contribution in [2.24, 2.45) is 5.41 Å². The number of rotatable bonds is 5. The highest BCUT2D eigenvalue weighted by Gasteiger charge is 2.69. The van der Waals surface area contributed by atoms with Crippen LogP contribution in [0.1, 0.15) is 48.3 Å². The smallest absolute Gasteiger partial charge is 0.244 e. The number of hydrogen-bond donors (Lipinski definition) is 1. The van der Waals surface area contributed by atoms with Gasteiger partial charge in [0.2, 0.25) is 15.9 Å². The third-order valence-corrected chi connectivity index (χ3v) is 10.2. The first-order valence-corrected chi connectivity index (χ1v) is 17.2. The van der Waals surface area contributed by atoms with Crippen molar-refractivity contribution in [2.75, 3.05) is 6.54 Å². The van der Waals surface area contributed by atoms with Gasteiger partial charge in [-0.2, -0.15) is 4.31 Å².